The molecule has 0 unspecified atom stereocenters. The van der Waals surface area contributed by atoms with Crippen molar-refractivity contribution in [2.75, 3.05) is 29.0 Å². The molecule has 2 aromatic rings. The standard InChI is InChI=1S/C19H21N5O4/c1-2-12-21-19(26)23-15-9-7-14(8-10-15)22-18(25)11-13-20-16-5-3-4-6-17(16)24(27)28/h2-10,20H,1,11-13H2,(H,22,25)(H2,21,23,26). The lowest BCUT2D eigenvalue weighted by Crippen LogP contribution is -2.28. The largest absolute Gasteiger partial charge is 0.379 e. The Morgan fingerprint density at radius 2 is 1.68 bits per heavy atom. The van der Waals surface area contributed by atoms with E-state index >= 15 is 0 Å². The van der Waals surface area contributed by atoms with E-state index in [0.29, 0.717) is 23.6 Å². The molecule has 28 heavy (non-hydrogen) atoms. The number of urea groups is 1. The fraction of sp³-hybridized carbons (Fsp3) is 0.158. The molecule has 0 aliphatic heterocycles. The topological polar surface area (TPSA) is 125 Å². The maximum absolute atomic E-state index is 12.0. The second-order valence-corrected chi connectivity index (χ2v) is 5.70. The van der Waals surface area contributed by atoms with Crippen LogP contribution in [0.3, 0.4) is 0 Å². The summed E-state index contributed by atoms with van der Waals surface area (Å²) < 4.78 is 0. The maximum Gasteiger partial charge on any atom is 0.319 e. The Balaban J connectivity index is 1.79. The minimum atomic E-state index is -0.477. The second kappa shape index (κ2) is 10.3. The molecule has 0 fully saturated rings. The van der Waals surface area contributed by atoms with Gasteiger partial charge >= 0.3 is 6.03 Å². The number of nitrogens with one attached hydrogen (secondary N) is 4. The average molecular weight is 383 g/mol. The molecule has 2 rings (SSSR count). The normalized spacial score (nSPS) is 9.86. The van der Waals surface area contributed by atoms with E-state index in [4.69, 9.17) is 0 Å². The van der Waals surface area contributed by atoms with E-state index in [2.05, 4.69) is 27.8 Å². The van der Waals surface area contributed by atoms with Crippen molar-refractivity contribution < 1.29 is 14.5 Å². The van der Waals surface area contributed by atoms with Crippen LogP contribution in [0, 0.1) is 10.1 Å². The predicted octanol–water partition coefficient (Wildman–Crippen LogP) is 3.34. The van der Waals surface area contributed by atoms with E-state index in [-0.39, 0.29) is 30.6 Å². The van der Waals surface area contributed by atoms with Gasteiger partial charge in [0.25, 0.3) is 5.69 Å². The molecule has 146 valence electrons. The fourth-order valence-corrected chi connectivity index (χ4v) is 2.29. The molecule has 0 atom stereocenters. The molecular weight excluding hydrogens is 362 g/mol. The number of nitro groups is 1. The molecule has 0 heterocycles. The first-order chi connectivity index (χ1) is 13.5. The molecule has 0 aliphatic carbocycles. The number of rotatable bonds is 9. The van der Waals surface area contributed by atoms with E-state index < -0.39 is 4.92 Å². The summed E-state index contributed by atoms with van der Waals surface area (Å²) in [6.07, 6.45) is 1.71. The van der Waals surface area contributed by atoms with Crippen LogP contribution in [0.5, 0.6) is 0 Å². The van der Waals surface area contributed by atoms with Crippen LogP contribution in [0.1, 0.15) is 6.42 Å². The van der Waals surface area contributed by atoms with Crippen LogP contribution in [0.25, 0.3) is 0 Å². The van der Waals surface area contributed by atoms with Gasteiger partial charge in [-0.1, -0.05) is 18.2 Å². The van der Waals surface area contributed by atoms with Gasteiger partial charge in [0, 0.05) is 37.0 Å². The highest BCUT2D eigenvalue weighted by atomic mass is 16.6. The molecule has 9 nitrogen and oxygen atoms in total. The second-order valence-electron chi connectivity index (χ2n) is 5.70. The highest BCUT2D eigenvalue weighted by molar-refractivity contribution is 5.92. The highest BCUT2D eigenvalue weighted by Crippen LogP contribution is 2.23. The summed E-state index contributed by atoms with van der Waals surface area (Å²) in [5.74, 6) is -0.240. The number of benzene rings is 2. The zero-order valence-electron chi connectivity index (χ0n) is 15.1. The van der Waals surface area contributed by atoms with Gasteiger partial charge in [-0.2, -0.15) is 0 Å². The summed E-state index contributed by atoms with van der Waals surface area (Å²) >= 11 is 0. The zero-order chi connectivity index (χ0) is 20.4. The molecule has 0 radical (unpaired) electrons. The Hall–Kier alpha value is -3.88. The molecule has 0 saturated carbocycles. The highest BCUT2D eigenvalue weighted by Gasteiger charge is 2.12. The average Bonchev–Trinajstić information content (AvgIpc) is 2.68. The Morgan fingerprint density at radius 3 is 2.32 bits per heavy atom. The predicted molar refractivity (Wildman–Crippen MR) is 108 cm³/mol. The minimum absolute atomic E-state index is 0.0388. The molecule has 2 aromatic carbocycles. The lowest BCUT2D eigenvalue weighted by atomic mass is 10.2. The molecule has 9 heteroatoms. The third kappa shape index (κ3) is 6.45. The quantitative estimate of drug-likeness (QED) is 0.300. The molecule has 0 aromatic heterocycles. The summed E-state index contributed by atoms with van der Waals surface area (Å²) in [6, 6.07) is 12.6. The van der Waals surface area contributed by atoms with Crippen molar-refractivity contribution in [3.05, 3.63) is 71.3 Å². The van der Waals surface area contributed by atoms with Gasteiger partial charge in [-0.15, -0.1) is 6.58 Å². The monoisotopic (exact) mass is 383 g/mol. The van der Waals surface area contributed by atoms with Gasteiger partial charge in [0.2, 0.25) is 5.91 Å². The van der Waals surface area contributed by atoms with Crippen molar-refractivity contribution in [3.8, 4) is 0 Å². The van der Waals surface area contributed by atoms with E-state index in [1.54, 1.807) is 48.5 Å². The first-order valence-corrected chi connectivity index (χ1v) is 8.52. The fourth-order valence-electron chi connectivity index (χ4n) is 2.29. The van der Waals surface area contributed by atoms with Gasteiger partial charge in [-0.25, -0.2) is 4.79 Å². The van der Waals surface area contributed by atoms with Crippen molar-refractivity contribution in [2.45, 2.75) is 6.42 Å². The van der Waals surface area contributed by atoms with Crippen LogP contribution in [-0.4, -0.2) is 30.0 Å². The summed E-state index contributed by atoms with van der Waals surface area (Å²) in [5, 5.41) is 21.8. The molecule has 0 spiro atoms. The summed E-state index contributed by atoms with van der Waals surface area (Å²) in [4.78, 5) is 34.1. The molecule has 4 N–H and O–H groups in total. The van der Waals surface area contributed by atoms with Gasteiger partial charge in [0.1, 0.15) is 5.69 Å². The number of hydrogen-bond donors (Lipinski definition) is 4. The van der Waals surface area contributed by atoms with Crippen LogP contribution in [0.4, 0.5) is 27.5 Å². The molecular formula is C19H21N5O4. The van der Waals surface area contributed by atoms with Crippen LogP contribution in [0.15, 0.2) is 61.2 Å². The van der Waals surface area contributed by atoms with Gasteiger partial charge < -0.3 is 21.3 Å². The number of nitro benzene ring substituents is 1. The summed E-state index contributed by atoms with van der Waals surface area (Å²) in [6.45, 7) is 4.12. The maximum atomic E-state index is 12.0. The SMILES string of the molecule is C=CCNC(=O)Nc1ccc(NC(=O)CCNc2ccccc2[N+](=O)[O-])cc1. The van der Waals surface area contributed by atoms with Crippen molar-refractivity contribution >= 4 is 34.7 Å². The molecule has 3 amide bonds. The van der Waals surface area contributed by atoms with Gasteiger partial charge in [-0.3, -0.25) is 14.9 Å². The molecule has 0 aliphatic rings. The van der Waals surface area contributed by atoms with Crippen LogP contribution < -0.4 is 21.3 Å². The number of carbonyl (C=O) groups excluding carboxylic acids is 2. The van der Waals surface area contributed by atoms with Gasteiger partial charge in [0.15, 0.2) is 0 Å². The van der Waals surface area contributed by atoms with Gasteiger partial charge in [-0.05, 0) is 30.3 Å². The Bertz CT molecular complexity index is 852. The Kier molecular flexibility index (Phi) is 7.53. The molecule has 0 saturated heterocycles. The number of hydrogen-bond acceptors (Lipinski definition) is 5. The van der Waals surface area contributed by atoms with Crippen LogP contribution in [0.2, 0.25) is 0 Å². The van der Waals surface area contributed by atoms with Crippen molar-refractivity contribution in [1.82, 2.24) is 5.32 Å². The van der Waals surface area contributed by atoms with Crippen molar-refractivity contribution in [3.63, 3.8) is 0 Å². The zero-order valence-corrected chi connectivity index (χ0v) is 15.1. The van der Waals surface area contributed by atoms with E-state index in [1.807, 2.05) is 0 Å². The summed E-state index contributed by atoms with van der Waals surface area (Å²) in [5.41, 5.74) is 1.49. The number of nitrogens with zero attached hydrogens (tertiary/aromatic N) is 1. The molecule has 0 bridgehead atoms. The number of amides is 3. The number of para-hydroxylation sites is 2. The number of anilines is 3. The lowest BCUT2D eigenvalue weighted by Gasteiger charge is -2.09. The Labute approximate surface area is 162 Å². The first-order valence-electron chi connectivity index (χ1n) is 8.52. The minimum Gasteiger partial charge on any atom is -0.379 e. The van der Waals surface area contributed by atoms with E-state index in [0.717, 1.165) is 0 Å². The first kappa shape index (κ1) is 20.4. The Morgan fingerprint density at radius 1 is 1.04 bits per heavy atom. The van der Waals surface area contributed by atoms with E-state index in [1.165, 1.54) is 6.07 Å². The summed E-state index contributed by atoms with van der Waals surface area (Å²) in [7, 11) is 0. The third-order valence-corrected chi connectivity index (χ3v) is 3.60. The number of carbonyl (C=O) groups is 2. The smallest absolute Gasteiger partial charge is 0.319 e. The lowest BCUT2D eigenvalue weighted by molar-refractivity contribution is -0.384. The third-order valence-electron chi connectivity index (χ3n) is 3.60. The van der Waals surface area contributed by atoms with Crippen LogP contribution in [-0.2, 0) is 4.79 Å². The van der Waals surface area contributed by atoms with E-state index in [9.17, 15) is 19.7 Å². The van der Waals surface area contributed by atoms with Gasteiger partial charge in [0.05, 0.1) is 4.92 Å². The van der Waals surface area contributed by atoms with Crippen molar-refractivity contribution in [1.29, 1.82) is 0 Å². The van der Waals surface area contributed by atoms with Crippen LogP contribution >= 0.6 is 0 Å². The van der Waals surface area contributed by atoms with Crippen molar-refractivity contribution in [2.24, 2.45) is 0 Å².